The van der Waals surface area contributed by atoms with Crippen LogP contribution in [0, 0.1) is 5.82 Å². The van der Waals surface area contributed by atoms with Crippen molar-refractivity contribution in [3.63, 3.8) is 0 Å². The molecule has 0 fully saturated rings. The highest BCUT2D eigenvalue weighted by Crippen LogP contribution is 2.27. The summed E-state index contributed by atoms with van der Waals surface area (Å²) in [6.07, 6.45) is -0.713. The third-order valence-electron chi connectivity index (χ3n) is 3.30. The number of benzene rings is 2. The Labute approximate surface area is 144 Å². The van der Waals surface area contributed by atoms with Gasteiger partial charge in [-0.15, -0.1) is 0 Å². The van der Waals surface area contributed by atoms with Crippen molar-refractivity contribution >= 4 is 29.1 Å². The molecule has 0 unspecified atom stereocenters. The molecule has 23 heavy (non-hydrogen) atoms. The topological polar surface area (TPSA) is 38.3 Å². The largest absolute Gasteiger partial charge is 0.481 e. The smallest absolute Gasteiger partial charge is 0.261 e. The van der Waals surface area contributed by atoms with Gasteiger partial charge in [-0.2, -0.15) is 0 Å². The molecule has 0 bridgehead atoms. The number of halogens is 3. The Kier molecular flexibility index (Phi) is 5.85. The summed E-state index contributed by atoms with van der Waals surface area (Å²) < 4.78 is 18.5. The van der Waals surface area contributed by atoms with E-state index in [-0.39, 0.29) is 17.8 Å². The molecule has 6 heteroatoms. The van der Waals surface area contributed by atoms with Crippen molar-refractivity contribution in [3.8, 4) is 5.75 Å². The highest BCUT2D eigenvalue weighted by molar-refractivity contribution is 6.42. The van der Waals surface area contributed by atoms with E-state index in [1.54, 1.807) is 37.3 Å². The molecule has 0 saturated heterocycles. The lowest BCUT2D eigenvalue weighted by molar-refractivity contribution is -0.127. The molecule has 2 aromatic carbocycles. The molecule has 2 atom stereocenters. The maximum atomic E-state index is 12.9. The van der Waals surface area contributed by atoms with Gasteiger partial charge in [-0.3, -0.25) is 4.79 Å². The average Bonchev–Trinajstić information content (AvgIpc) is 2.51. The molecule has 0 radical (unpaired) electrons. The van der Waals surface area contributed by atoms with Crippen molar-refractivity contribution in [1.82, 2.24) is 5.32 Å². The number of hydrogen-bond donors (Lipinski definition) is 1. The van der Waals surface area contributed by atoms with Crippen LogP contribution in [0.4, 0.5) is 4.39 Å². The Morgan fingerprint density at radius 1 is 1.09 bits per heavy atom. The number of amides is 1. The Bertz CT molecular complexity index is 691. The Morgan fingerprint density at radius 2 is 1.74 bits per heavy atom. The summed E-state index contributed by atoms with van der Waals surface area (Å²) >= 11 is 11.7. The molecule has 0 aliphatic carbocycles. The van der Waals surface area contributed by atoms with Gasteiger partial charge in [-0.1, -0.05) is 35.3 Å². The predicted octanol–water partition coefficient (Wildman–Crippen LogP) is 4.78. The highest BCUT2D eigenvalue weighted by Gasteiger charge is 2.18. The number of rotatable bonds is 5. The second-order valence-electron chi connectivity index (χ2n) is 5.12. The first kappa shape index (κ1) is 17.6. The SMILES string of the molecule is C[C@H](Oc1ccc(Cl)c(Cl)c1)C(=O)N[C@@H](C)c1ccc(F)cc1. The second-order valence-corrected chi connectivity index (χ2v) is 5.93. The van der Waals surface area contributed by atoms with Crippen LogP contribution in [0.1, 0.15) is 25.5 Å². The van der Waals surface area contributed by atoms with Crippen LogP contribution in [-0.4, -0.2) is 12.0 Å². The lowest BCUT2D eigenvalue weighted by atomic mass is 10.1. The van der Waals surface area contributed by atoms with Gasteiger partial charge in [-0.25, -0.2) is 4.39 Å². The second kappa shape index (κ2) is 7.66. The van der Waals surface area contributed by atoms with Crippen molar-refractivity contribution in [3.05, 3.63) is 63.9 Å². The van der Waals surface area contributed by atoms with E-state index in [0.29, 0.717) is 15.8 Å². The van der Waals surface area contributed by atoms with Gasteiger partial charge in [-0.05, 0) is 43.7 Å². The van der Waals surface area contributed by atoms with Crippen molar-refractivity contribution in [2.75, 3.05) is 0 Å². The normalized spacial score (nSPS) is 13.3. The molecule has 3 nitrogen and oxygen atoms in total. The molecule has 0 aromatic heterocycles. The standard InChI is InChI=1S/C17H16Cl2FNO2/c1-10(12-3-5-13(20)6-4-12)21-17(22)11(2)23-14-7-8-15(18)16(19)9-14/h3-11H,1-2H3,(H,21,22)/t10-,11-/m0/s1. The molecule has 0 heterocycles. The van der Waals surface area contributed by atoms with Crippen molar-refractivity contribution < 1.29 is 13.9 Å². The zero-order valence-corrected chi connectivity index (χ0v) is 14.2. The number of carbonyl (C=O) groups excluding carboxylic acids is 1. The zero-order chi connectivity index (χ0) is 17.0. The first-order valence-electron chi connectivity index (χ1n) is 7.04. The summed E-state index contributed by atoms with van der Waals surface area (Å²) in [5.74, 6) is -0.145. The summed E-state index contributed by atoms with van der Waals surface area (Å²) in [5.41, 5.74) is 0.807. The van der Waals surface area contributed by atoms with Gasteiger partial charge >= 0.3 is 0 Å². The minimum absolute atomic E-state index is 0.261. The maximum absolute atomic E-state index is 12.9. The Balaban J connectivity index is 1.96. The lowest BCUT2D eigenvalue weighted by Crippen LogP contribution is -2.37. The number of ether oxygens (including phenoxy) is 1. The third kappa shape index (κ3) is 4.85. The van der Waals surface area contributed by atoms with E-state index >= 15 is 0 Å². The number of carbonyl (C=O) groups is 1. The van der Waals surface area contributed by atoms with Gasteiger partial charge in [0.05, 0.1) is 16.1 Å². The van der Waals surface area contributed by atoms with E-state index in [0.717, 1.165) is 5.56 Å². The van der Waals surface area contributed by atoms with Crippen LogP contribution in [0.2, 0.25) is 10.0 Å². The summed E-state index contributed by atoms with van der Waals surface area (Å²) in [6, 6.07) is 10.5. The van der Waals surface area contributed by atoms with E-state index in [4.69, 9.17) is 27.9 Å². The summed E-state index contributed by atoms with van der Waals surface area (Å²) in [7, 11) is 0. The molecule has 122 valence electrons. The molecule has 0 spiro atoms. The fraction of sp³-hybridized carbons (Fsp3) is 0.235. The molecule has 1 N–H and O–H groups in total. The molecule has 0 aliphatic heterocycles. The van der Waals surface area contributed by atoms with Crippen LogP contribution in [0.3, 0.4) is 0 Å². The molecular weight excluding hydrogens is 340 g/mol. The minimum Gasteiger partial charge on any atom is -0.481 e. The monoisotopic (exact) mass is 355 g/mol. The Morgan fingerprint density at radius 3 is 2.35 bits per heavy atom. The van der Waals surface area contributed by atoms with Gasteiger partial charge in [0.1, 0.15) is 11.6 Å². The molecule has 2 aromatic rings. The van der Waals surface area contributed by atoms with Crippen molar-refractivity contribution in [1.29, 1.82) is 0 Å². The first-order valence-corrected chi connectivity index (χ1v) is 7.80. The van der Waals surface area contributed by atoms with Gasteiger partial charge in [0.25, 0.3) is 5.91 Å². The summed E-state index contributed by atoms with van der Waals surface area (Å²) in [6.45, 7) is 3.45. The predicted molar refractivity (Wildman–Crippen MR) is 89.5 cm³/mol. The summed E-state index contributed by atoms with van der Waals surface area (Å²) in [4.78, 5) is 12.2. The van der Waals surface area contributed by atoms with Gasteiger partial charge in [0.2, 0.25) is 0 Å². The van der Waals surface area contributed by atoms with Crippen LogP contribution >= 0.6 is 23.2 Å². The minimum atomic E-state index is -0.713. The fourth-order valence-corrected chi connectivity index (χ4v) is 2.26. The van der Waals surface area contributed by atoms with Gasteiger partial charge in [0, 0.05) is 6.07 Å². The summed E-state index contributed by atoms with van der Waals surface area (Å²) in [5, 5.41) is 3.59. The number of nitrogens with one attached hydrogen (secondary N) is 1. The van der Waals surface area contributed by atoms with E-state index < -0.39 is 6.10 Å². The van der Waals surface area contributed by atoms with Crippen LogP contribution in [-0.2, 0) is 4.79 Å². The number of hydrogen-bond acceptors (Lipinski definition) is 2. The molecule has 0 saturated carbocycles. The maximum Gasteiger partial charge on any atom is 0.261 e. The Hall–Kier alpha value is -1.78. The average molecular weight is 356 g/mol. The highest BCUT2D eigenvalue weighted by atomic mass is 35.5. The van der Waals surface area contributed by atoms with Gasteiger partial charge in [0.15, 0.2) is 6.10 Å². The van der Waals surface area contributed by atoms with Crippen LogP contribution in [0.15, 0.2) is 42.5 Å². The quantitative estimate of drug-likeness (QED) is 0.838. The zero-order valence-electron chi connectivity index (χ0n) is 12.6. The third-order valence-corrected chi connectivity index (χ3v) is 4.04. The van der Waals surface area contributed by atoms with Crippen molar-refractivity contribution in [2.45, 2.75) is 26.0 Å². The first-order chi connectivity index (χ1) is 10.9. The molecular formula is C17H16Cl2FNO2. The molecule has 0 aliphatic rings. The fourth-order valence-electron chi connectivity index (χ4n) is 1.97. The molecule has 1 amide bonds. The van der Waals surface area contributed by atoms with Gasteiger partial charge < -0.3 is 10.1 Å². The van der Waals surface area contributed by atoms with E-state index in [2.05, 4.69) is 5.32 Å². The van der Waals surface area contributed by atoms with Crippen LogP contribution in [0.25, 0.3) is 0 Å². The molecule has 2 rings (SSSR count). The van der Waals surface area contributed by atoms with Crippen LogP contribution in [0.5, 0.6) is 5.75 Å². The lowest BCUT2D eigenvalue weighted by Gasteiger charge is -2.19. The van der Waals surface area contributed by atoms with E-state index in [1.165, 1.54) is 12.1 Å². The van der Waals surface area contributed by atoms with Crippen LogP contribution < -0.4 is 10.1 Å². The van der Waals surface area contributed by atoms with Crippen molar-refractivity contribution in [2.24, 2.45) is 0 Å². The van der Waals surface area contributed by atoms with E-state index in [9.17, 15) is 9.18 Å². The van der Waals surface area contributed by atoms with E-state index in [1.807, 2.05) is 6.92 Å².